The van der Waals surface area contributed by atoms with E-state index >= 15 is 0 Å². The van der Waals surface area contributed by atoms with E-state index in [9.17, 15) is 14.4 Å². The van der Waals surface area contributed by atoms with Crippen LogP contribution in [0.25, 0.3) is 0 Å². The summed E-state index contributed by atoms with van der Waals surface area (Å²) in [6.07, 6.45) is 0.522. The molecule has 0 aliphatic heterocycles. The molecule has 1 rings (SSSR count). The molecule has 114 valence electrons. The first-order valence-corrected chi connectivity index (χ1v) is 7.53. The summed E-state index contributed by atoms with van der Waals surface area (Å²) in [4.78, 5) is 34.3. The largest absolute Gasteiger partial charge is 0.468 e. The predicted molar refractivity (Wildman–Crippen MR) is 81.8 cm³/mol. The summed E-state index contributed by atoms with van der Waals surface area (Å²) in [6.45, 7) is 1.31. The Bertz CT molecular complexity index is 490. The first-order valence-electron chi connectivity index (χ1n) is 6.54. The lowest BCUT2D eigenvalue weighted by Gasteiger charge is -2.15. The van der Waals surface area contributed by atoms with Gasteiger partial charge in [-0.3, -0.25) is 14.4 Å². The molecule has 0 saturated carbocycles. The van der Waals surface area contributed by atoms with Crippen molar-refractivity contribution in [1.29, 1.82) is 0 Å². The van der Waals surface area contributed by atoms with Gasteiger partial charge in [0.2, 0.25) is 5.91 Å². The lowest BCUT2D eigenvalue weighted by atomic mass is 10.0. The van der Waals surface area contributed by atoms with E-state index in [1.54, 1.807) is 0 Å². The molecule has 0 heterocycles. The van der Waals surface area contributed by atoms with E-state index in [0.29, 0.717) is 12.2 Å². The number of rotatable bonds is 7. The maximum Gasteiger partial charge on any atom is 0.325 e. The standard InChI is InChI=1S/C15H19NO4S/c1-11(17)21-10-13(8-12-6-4-3-5-7-12)15(19)16-9-14(18)20-2/h3-7,13H,8-10H2,1-2H3,(H,16,19)/t13-/m1/s1. The van der Waals surface area contributed by atoms with Crippen LogP contribution in [-0.2, 0) is 25.5 Å². The molecule has 1 atom stereocenters. The number of nitrogens with one attached hydrogen (secondary N) is 1. The number of hydrogen-bond donors (Lipinski definition) is 1. The summed E-state index contributed by atoms with van der Waals surface area (Å²) in [5.41, 5.74) is 1.01. The second-order valence-corrected chi connectivity index (χ2v) is 5.68. The number of ether oxygens (including phenoxy) is 1. The summed E-state index contributed by atoms with van der Waals surface area (Å²) < 4.78 is 4.48. The Morgan fingerprint density at radius 3 is 2.48 bits per heavy atom. The van der Waals surface area contributed by atoms with Gasteiger partial charge in [0.05, 0.1) is 13.0 Å². The van der Waals surface area contributed by atoms with E-state index in [1.807, 2.05) is 30.3 Å². The lowest BCUT2D eigenvalue weighted by Crippen LogP contribution is -2.37. The van der Waals surface area contributed by atoms with Crippen LogP contribution >= 0.6 is 11.8 Å². The Kier molecular flexibility index (Phi) is 7.53. The third kappa shape index (κ3) is 6.94. The molecule has 5 nitrogen and oxygen atoms in total. The average molecular weight is 309 g/mol. The Labute approximate surface area is 128 Å². The third-order valence-electron chi connectivity index (χ3n) is 2.82. The molecular formula is C15H19NO4S. The molecule has 0 aromatic heterocycles. The minimum atomic E-state index is -0.499. The molecule has 21 heavy (non-hydrogen) atoms. The number of hydrogen-bond acceptors (Lipinski definition) is 5. The molecule has 0 aliphatic carbocycles. The van der Waals surface area contributed by atoms with Crippen molar-refractivity contribution in [2.24, 2.45) is 5.92 Å². The van der Waals surface area contributed by atoms with Gasteiger partial charge in [-0.15, -0.1) is 0 Å². The molecular weight excluding hydrogens is 290 g/mol. The van der Waals surface area contributed by atoms with Crippen molar-refractivity contribution in [3.63, 3.8) is 0 Å². The molecule has 6 heteroatoms. The number of carbonyl (C=O) groups excluding carboxylic acids is 3. The van der Waals surface area contributed by atoms with Gasteiger partial charge in [0.1, 0.15) is 6.54 Å². The van der Waals surface area contributed by atoms with Crippen molar-refractivity contribution in [2.75, 3.05) is 19.4 Å². The van der Waals surface area contributed by atoms with Gasteiger partial charge < -0.3 is 10.1 Å². The zero-order chi connectivity index (χ0) is 15.7. The van der Waals surface area contributed by atoms with E-state index in [1.165, 1.54) is 14.0 Å². The predicted octanol–water partition coefficient (Wildman–Crippen LogP) is 1.41. The minimum Gasteiger partial charge on any atom is -0.468 e. The highest BCUT2D eigenvalue weighted by molar-refractivity contribution is 8.13. The molecule has 1 amide bonds. The molecule has 0 saturated heterocycles. The Balaban J connectivity index is 2.64. The smallest absolute Gasteiger partial charge is 0.325 e. The summed E-state index contributed by atoms with van der Waals surface area (Å²) in [7, 11) is 1.27. The first-order chi connectivity index (χ1) is 10.0. The molecule has 0 aliphatic rings. The minimum absolute atomic E-state index is 0.0335. The van der Waals surface area contributed by atoms with Crippen molar-refractivity contribution < 1.29 is 19.1 Å². The van der Waals surface area contributed by atoms with Crippen molar-refractivity contribution in [3.05, 3.63) is 35.9 Å². The maximum atomic E-state index is 12.1. The number of carbonyl (C=O) groups is 3. The second kappa shape index (κ2) is 9.18. The van der Waals surface area contributed by atoms with Gasteiger partial charge in [-0.2, -0.15) is 0 Å². The Morgan fingerprint density at radius 1 is 1.24 bits per heavy atom. The van der Waals surface area contributed by atoms with Crippen molar-refractivity contribution in [1.82, 2.24) is 5.32 Å². The number of esters is 1. The highest BCUT2D eigenvalue weighted by Crippen LogP contribution is 2.15. The van der Waals surface area contributed by atoms with Gasteiger partial charge >= 0.3 is 5.97 Å². The van der Waals surface area contributed by atoms with Crippen LogP contribution in [0.2, 0.25) is 0 Å². The molecule has 0 unspecified atom stereocenters. The topological polar surface area (TPSA) is 72.5 Å². The summed E-state index contributed by atoms with van der Waals surface area (Å²) in [5.74, 6) is -0.734. The number of thioether (sulfide) groups is 1. The van der Waals surface area contributed by atoms with Crippen LogP contribution in [0.15, 0.2) is 30.3 Å². The van der Waals surface area contributed by atoms with E-state index in [-0.39, 0.29) is 23.5 Å². The zero-order valence-electron chi connectivity index (χ0n) is 12.1. The summed E-state index contributed by atoms with van der Waals surface area (Å²) >= 11 is 1.11. The van der Waals surface area contributed by atoms with Gasteiger partial charge in [0.25, 0.3) is 0 Å². The van der Waals surface area contributed by atoms with Gasteiger partial charge in [0.15, 0.2) is 5.12 Å². The normalized spacial score (nSPS) is 11.5. The molecule has 1 aromatic rings. The number of benzene rings is 1. The Hall–Kier alpha value is -1.82. The molecule has 0 bridgehead atoms. The molecule has 0 radical (unpaired) electrons. The number of amides is 1. The first kappa shape index (κ1) is 17.2. The highest BCUT2D eigenvalue weighted by Gasteiger charge is 2.20. The summed E-state index contributed by atoms with van der Waals surface area (Å²) in [5, 5.41) is 2.51. The van der Waals surface area contributed by atoms with Gasteiger partial charge in [-0.25, -0.2) is 0 Å². The molecule has 1 N–H and O–H groups in total. The lowest BCUT2D eigenvalue weighted by molar-refractivity contribution is -0.141. The molecule has 1 aromatic carbocycles. The van der Waals surface area contributed by atoms with Crippen molar-refractivity contribution >= 4 is 28.8 Å². The van der Waals surface area contributed by atoms with Crippen LogP contribution in [-0.4, -0.2) is 36.4 Å². The summed E-state index contributed by atoms with van der Waals surface area (Å²) in [6, 6.07) is 9.56. The fraction of sp³-hybridized carbons (Fsp3) is 0.400. The van der Waals surface area contributed by atoms with Crippen molar-refractivity contribution in [2.45, 2.75) is 13.3 Å². The monoisotopic (exact) mass is 309 g/mol. The van der Waals surface area contributed by atoms with Gasteiger partial charge in [0, 0.05) is 12.7 Å². The maximum absolute atomic E-state index is 12.1. The highest BCUT2D eigenvalue weighted by atomic mass is 32.2. The fourth-order valence-electron chi connectivity index (χ4n) is 1.72. The quantitative estimate of drug-likeness (QED) is 0.771. The van der Waals surface area contributed by atoms with E-state index in [2.05, 4.69) is 10.1 Å². The average Bonchev–Trinajstić information content (AvgIpc) is 2.49. The fourth-order valence-corrected chi connectivity index (χ4v) is 2.42. The molecule has 0 fully saturated rings. The van der Waals surface area contributed by atoms with Gasteiger partial charge in [-0.1, -0.05) is 42.1 Å². The van der Waals surface area contributed by atoms with Crippen LogP contribution in [0.4, 0.5) is 0 Å². The number of methoxy groups -OCH3 is 1. The SMILES string of the molecule is COC(=O)CNC(=O)[C@@H](CSC(C)=O)Cc1ccccc1. The van der Waals surface area contributed by atoms with Crippen LogP contribution in [0.5, 0.6) is 0 Å². The van der Waals surface area contributed by atoms with E-state index in [4.69, 9.17) is 0 Å². The van der Waals surface area contributed by atoms with Crippen LogP contribution in [0.1, 0.15) is 12.5 Å². The van der Waals surface area contributed by atoms with Crippen molar-refractivity contribution in [3.8, 4) is 0 Å². The third-order valence-corrected chi connectivity index (χ3v) is 3.79. The van der Waals surface area contributed by atoms with Crippen LogP contribution in [0, 0.1) is 5.92 Å². The van der Waals surface area contributed by atoms with Gasteiger partial charge in [-0.05, 0) is 12.0 Å². The Morgan fingerprint density at radius 2 is 1.90 bits per heavy atom. The zero-order valence-corrected chi connectivity index (χ0v) is 12.9. The van der Waals surface area contributed by atoms with E-state index < -0.39 is 5.97 Å². The molecule has 0 spiro atoms. The van der Waals surface area contributed by atoms with Crippen LogP contribution in [0.3, 0.4) is 0 Å². The second-order valence-electron chi connectivity index (χ2n) is 4.48. The van der Waals surface area contributed by atoms with Crippen LogP contribution < -0.4 is 5.32 Å². The van der Waals surface area contributed by atoms with E-state index in [0.717, 1.165) is 17.3 Å².